The fourth-order valence-electron chi connectivity index (χ4n) is 6.66. The molecule has 9 aromatic rings. The molecule has 0 aliphatic rings. The quantitative estimate of drug-likeness (QED) is 0.195. The van der Waals surface area contributed by atoms with Gasteiger partial charge in [0, 0.05) is 20.6 Å². The van der Waals surface area contributed by atoms with E-state index in [1.807, 2.05) is 54.6 Å². The number of aromatic nitrogens is 2. The zero-order valence-corrected chi connectivity index (χ0v) is 25.4. The van der Waals surface area contributed by atoms with Gasteiger partial charge in [-0.2, -0.15) is 0 Å². The predicted molar refractivity (Wildman–Crippen MR) is 195 cm³/mol. The Morgan fingerprint density at radius 3 is 1.91 bits per heavy atom. The van der Waals surface area contributed by atoms with E-state index >= 15 is 0 Å². The Labute approximate surface area is 277 Å². The Balaban J connectivity index is 1.28. The first kappa shape index (κ1) is 24.1. The van der Waals surface area contributed by atoms with Crippen molar-refractivity contribution in [2.45, 2.75) is 6.85 Å². The van der Waals surface area contributed by atoms with Gasteiger partial charge in [0.1, 0.15) is 17.0 Å². The molecule has 0 spiro atoms. The molecule has 0 amide bonds. The van der Waals surface area contributed by atoms with Crippen molar-refractivity contribution in [1.29, 1.82) is 0 Å². The lowest BCUT2D eigenvalue weighted by molar-refractivity contribution is 0.669. The van der Waals surface area contributed by atoms with Gasteiger partial charge in [0.05, 0.1) is 16.6 Å². The van der Waals surface area contributed by atoms with E-state index in [9.17, 15) is 0 Å². The van der Waals surface area contributed by atoms with Crippen molar-refractivity contribution < 1.29 is 8.53 Å². The summed E-state index contributed by atoms with van der Waals surface area (Å²) >= 11 is 0. The number of hydrogen-bond acceptors (Lipinski definition) is 2. The summed E-state index contributed by atoms with van der Waals surface area (Å²) in [5.74, 6) is 0.773. The van der Waals surface area contributed by atoms with Crippen LogP contribution in [0.15, 0.2) is 168 Å². The molecule has 2 aromatic heterocycles. The molecule has 0 aliphatic carbocycles. The fraction of sp³-hybridized carbons (Fsp3) is 0.0227. The third kappa shape index (κ3) is 4.63. The summed E-state index contributed by atoms with van der Waals surface area (Å²) in [5, 5.41) is 1.93. The highest BCUT2D eigenvalue weighted by molar-refractivity contribution is 6.16. The van der Waals surface area contributed by atoms with Crippen LogP contribution >= 0.6 is 0 Å². The van der Waals surface area contributed by atoms with Crippen LogP contribution in [0.3, 0.4) is 0 Å². The Morgan fingerprint density at radius 2 is 1.17 bits per heavy atom. The molecule has 0 atom stereocenters. The van der Waals surface area contributed by atoms with Gasteiger partial charge in [0.2, 0.25) is 0 Å². The third-order valence-corrected chi connectivity index (χ3v) is 8.96. The highest BCUT2D eigenvalue weighted by Crippen LogP contribution is 2.43. The Morgan fingerprint density at radius 1 is 0.553 bits per heavy atom. The normalized spacial score (nSPS) is 12.7. The maximum absolute atomic E-state index is 7.88. The first-order chi connectivity index (χ1) is 24.4. The van der Waals surface area contributed by atoms with E-state index in [1.54, 1.807) is 12.1 Å². The van der Waals surface area contributed by atoms with Gasteiger partial charge in [-0.05, 0) is 82.7 Å². The summed E-state index contributed by atoms with van der Waals surface area (Å²) in [6.45, 7) is -2.17. The van der Waals surface area contributed by atoms with E-state index in [2.05, 4.69) is 102 Å². The first-order valence-electron chi connectivity index (χ1n) is 17.2. The minimum atomic E-state index is -2.17. The minimum absolute atomic E-state index is 0.311. The second kappa shape index (κ2) is 11.0. The van der Waals surface area contributed by atoms with E-state index in [0.29, 0.717) is 5.56 Å². The molecule has 0 fully saturated rings. The fourth-order valence-corrected chi connectivity index (χ4v) is 6.66. The highest BCUT2D eigenvalue weighted by Gasteiger charge is 2.22. The van der Waals surface area contributed by atoms with Crippen LogP contribution in [-0.4, -0.2) is 9.55 Å². The van der Waals surface area contributed by atoms with Crippen molar-refractivity contribution in [1.82, 2.24) is 9.55 Å². The molecular formula is C44H30N2O. The maximum Gasteiger partial charge on any atom is 0.149 e. The molecule has 0 radical (unpaired) electrons. The van der Waals surface area contributed by atoms with Gasteiger partial charge in [0.15, 0.2) is 0 Å². The number of benzene rings is 7. The molecule has 0 saturated carbocycles. The molecule has 7 aromatic carbocycles. The van der Waals surface area contributed by atoms with Crippen LogP contribution in [0.1, 0.15) is 9.68 Å². The third-order valence-electron chi connectivity index (χ3n) is 8.96. The van der Waals surface area contributed by atoms with E-state index in [0.717, 1.165) is 83.4 Å². The number of para-hydroxylation sites is 2. The molecule has 3 nitrogen and oxygen atoms in total. The molecule has 0 bridgehead atoms. The van der Waals surface area contributed by atoms with Gasteiger partial charge in [-0.15, -0.1) is 0 Å². The molecule has 47 heavy (non-hydrogen) atoms. The van der Waals surface area contributed by atoms with Gasteiger partial charge in [0.25, 0.3) is 0 Å². The number of hydrogen-bond donors (Lipinski definition) is 0. The number of rotatable bonds is 5. The summed E-state index contributed by atoms with van der Waals surface area (Å²) in [6, 6.07) is 55.1. The Hall–Kier alpha value is -6.19. The van der Waals surface area contributed by atoms with Crippen LogP contribution in [0.25, 0.3) is 83.4 Å². The van der Waals surface area contributed by atoms with Crippen molar-refractivity contribution in [2.24, 2.45) is 0 Å². The van der Waals surface area contributed by atoms with Crippen LogP contribution in [0, 0.1) is 6.85 Å². The van der Waals surface area contributed by atoms with Gasteiger partial charge in [-0.1, -0.05) is 127 Å². The minimum Gasteiger partial charge on any atom is -0.455 e. The van der Waals surface area contributed by atoms with Gasteiger partial charge in [-0.3, -0.25) is 4.57 Å². The topological polar surface area (TPSA) is 31.0 Å². The predicted octanol–water partition coefficient (Wildman–Crippen LogP) is 11.9. The standard InChI is InChI=1S/C44H30N2O/c1-29-16-18-33(19-17-29)36-26-27-38(43-42(36)37-25-22-34(28-41(37)47-43)31-12-6-3-7-13-31)44-45-39-14-8-9-15-40(39)46(44)35-23-20-32(21-24-35)30-10-4-2-5-11-30/h2-28H,1H3/i1D3. The Kier molecular flexibility index (Phi) is 5.64. The molecular weight excluding hydrogens is 572 g/mol. The van der Waals surface area contributed by atoms with Crippen molar-refractivity contribution in [3.8, 4) is 50.5 Å². The lowest BCUT2D eigenvalue weighted by Crippen LogP contribution is -1.98. The molecule has 9 rings (SSSR count). The van der Waals surface area contributed by atoms with E-state index < -0.39 is 6.85 Å². The van der Waals surface area contributed by atoms with Crippen molar-refractivity contribution in [3.05, 3.63) is 169 Å². The molecule has 222 valence electrons. The monoisotopic (exact) mass is 605 g/mol. The van der Waals surface area contributed by atoms with Crippen molar-refractivity contribution in [3.63, 3.8) is 0 Å². The number of aryl methyl sites for hydroxylation is 1. The maximum atomic E-state index is 7.88. The van der Waals surface area contributed by atoms with Crippen LogP contribution < -0.4 is 0 Å². The number of furan rings is 1. The summed E-state index contributed by atoms with van der Waals surface area (Å²) in [6.07, 6.45) is 0. The van der Waals surface area contributed by atoms with E-state index in [1.165, 1.54) is 0 Å². The van der Waals surface area contributed by atoms with Gasteiger partial charge < -0.3 is 4.42 Å². The molecule has 0 unspecified atom stereocenters. The SMILES string of the molecule is [2H]C([2H])([2H])c1ccc(-c2ccc(-c3nc4ccccc4n3-c3ccc(-c4ccccc4)cc3)c3oc4cc(-c5ccccc5)ccc4c23)cc1. The van der Waals surface area contributed by atoms with Crippen molar-refractivity contribution in [2.75, 3.05) is 0 Å². The summed E-state index contributed by atoms with van der Waals surface area (Å²) in [5.41, 5.74) is 11.9. The van der Waals surface area contributed by atoms with E-state index in [-0.39, 0.29) is 0 Å². The molecule has 2 heterocycles. The molecule has 0 N–H and O–H groups in total. The average Bonchev–Trinajstić information content (AvgIpc) is 3.74. The smallest absolute Gasteiger partial charge is 0.149 e. The van der Waals surface area contributed by atoms with E-state index in [4.69, 9.17) is 13.5 Å². The number of nitrogens with zero attached hydrogens (tertiary/aromatic N) is 2. The van der Waals surface area contributed by atoms with Crippen LogP contribution in [-0.2, 0) is 0 Å². The van der Waals surface area contributed by atoms with Crippen LogP contribution in [0.5, 0.6) is 0 Å². The molecule has 0 saturated heterocycles. The highest BCUT2D eigenvalue weighted by atomic mass is 16.3. The molecule has 3 heteroatoms. The van der Waals surface area contributed by atoms with Gasteiger partial charge >= 0.3 is 0 Å². The zero-order valence-electron chi connectivity index (χ0n) is 28.4. The van der Waals surface area contributed by atoms with Crippen molar-refractivity contribution >= 4 is 33.0 Å². The largest absolute Gasteiger partial charge is 0.455 e. The van der Waals surface area contributed by atoms with Crippen LogP contribution in [0.4, 0.5) is 0 Å². The van der Waals surface area contributed by atoms with Crippen LogP contribution in [0.2, 0.25) is 0 Å². The lowest BCUT2D eigenvalue weighted by atomic mass is 9.95. The zero-order chi connectivity index (χ0) is 33.8. The molecule has 0 aliphatic heterocycles. The Bertz CT molecular complexity index is 2660. The second-order valence-corrected chi connectivity index (χ2v) is 11.8. The lowest BCUT2D eigenvalue weighted by Gasteiger charge is -2.12. The average molecular weight is 606 g/mol. The summed E-state index contributed by atoms with van der Waals surface area (Å²) < 4.78 is 32.7. The summed E-state index contributed by atoms with van der Waals surface area (Å²) in [7, 11) is 0. The first-order valence-corrected chi connectivity index (χ1v) is 15.7. The second-order valence-electron chi connectivity index (χ2n) is 11.8. The number of imidazole rings is 1. The number of fused-ring (bicyclic) bond motifs is 4. The summed E-state index contributed by atoms with van der Waals surface area (Å²) in [4.78, 5) is 5.21. The van der Waals surface area contributed by atoms with Gasteiger partial charge in [-0.25, -0.2) is 4.98 Å².